The van der Waals surface area contributed by atoms with Gasteiger partial charge in [-0.05, 0) is 57.1 Å². The number of carbonyl (C=O) groups is 1. The number of nitrogens with two attached hydrogens (primary N) is 1. The lowest BCUT2D eigenvalue weighted by Crippen LogP contribution is -2.45. The third kappa shape index (κ3) is 2.92. The van der Waals surface area contributed by atoms with Crippen LogP contribution in [0, 0.1) is 11.7 Å². The van der Waals surface area contributed by atoms with E-state index in [9.17, 15) is 9.18 Å². The number of nitrogens with zero attached hydrogens (tertiary/aromatic N) is 3. The number of fused-ring (bicyclic) bond motifs is 1. The van der Waals surface area contributed by atoms with E-state index in [0.29, 0.717) is 23.8 Å². The molecule has 2 unspecified atom stereocenters. The molecule has 138 valence electrons. The van der Waals surface area contributed by atoms with Crippen molar-refractivity contribution < 1.29 is 9.18 Å². The molecule has 1 aromatic carbocycles. The van der Waals surface area contributed by atoms with Gasteiger partial charge in [-0.25, -0.2) is 9.07 Å². The first-order valence-corrected chi connectivity index (χ1v) is 9.46. The number of carbonyl (C=O) groups excluding carboxylic acids is 1. The van der Waals surface area contributed by atoms with E-state index in [0.717, 1.165) is 49.9 Å². The van der Waals surface area contributed by atoms with Crippen LogP contribution in [-0.4, -0.2) is 39.7 Å². The fourth-order valence-corrected chi connectivity index (χ4v) is 4.21. The molecule has 2 aliphatic rings. The van der Waals surface area contributed by atoms with Gasteiger partial charge in [0.15, 0.2) is 5.69 Å². The molecule has 2 aromatic rings. The predicted octanol–water partition coefficient (Wildman–Crippen LogP) is 2.70. The summed E-state index contributed by atoms with van der Waals surface area (Å²) < 4.78 is 15.9. The number of piperidine rings is 1. The fourth-order valence-electron chi connectivity index (χ4n) is 4.21. The predicted molar refractivity (Wildman–Crippen MR) is 97.8 cm³/mol. The number of amides is 1. The number of para-hydroxylation sites is 1. The summed E-state index contributed by atoms with van der Waals surface area (Å²) in [5.41, 5.74) is 8.92. The van der Waals surface area contributed by atoms with Gasteiger partial charge in [0, 0.05) is 30.4 Å². The molecule has 1 aliphatic heterocycles. The zero-order valence-corrected chi connectivity index (χ0v) is 15.1. The Morgan fingerprint density at radius 3 is 2.88 bits per heavy atom. The molecule has 6 heteroatoms. The Morgan fingerprint density at radius 2 is 2.12 bits per heavy atom. The first kappa shape index (κ1) is 17.2. The summed E-state index contributed by atoms with van der Waals surface area (Å²) >= 11 is 0. The number of hydrogen-bond donors (Lipinski definition) is 1. The lowest BCUT2D eigenvalue weighted by atomic mass is 9.92. The van der Waals surface area contributed by atoms with Gasteiger partial charge in [-0.2, -0.15) is 5.10 Å². The molecule has 2 N–H and O–H groups in total. The van der Waals surface area contributed by atoms with Gasteiger partial charge in [0.05, 0.1) is 0 Å². The second-order valence-corrected chi connectivity index (χ2v) is 7.50. The molecule has 5 nitrogen and oxygen atoms in total. The van der Waals surface area contributed by atoms with Crippen LogP contribution in [0.15, 0.2) is 24.3 Å². The third-order valence-electron chi connectivity index (χ3n) is 5.70. The van der Waals surface area contributed by atoms with Crippen molar-refractivity contribution in [1.82, 2.24) is 14.7 Å². The molecule has 0 saturated carbocycles. The van der Waals surface area contributed by atoms with Gasteiger partial charge in [-0.1, -0.05) is 12.1 Å². The Balaban J connectivity index is 1.68. The van der Waals surface area contributed by atoms with Crippen molar-refractivity contribution in [2.75, 3.05) is 13.1 Å². The van der Waals surface area contributed by atoms with Crippen LogP contribution in [-0.2, 0) is 12.8 Å². The summed E-state index contributed by atoms with van der Waals surface area (Å²) in [5, 5.41) is 4.56. The number of hydrogen-bond acceptors (Lipinski definition) is 3. The average molecular weight is 356 g/mol. The van der Waals surface area contributed by atoms with Crippen molar-refractivity contribution >= 4 is 5.91 Å². The van der Waals surface area contributed by atoms with Crippen LogP contribution >= 0.6 is 0 Å². The van der Waals surface area contributed by atoms with Crippen molar-refractivity contribution in [2.45, 2.75) is 45.1 Å². The van der Waals surface area contributed by atoms with Gasteiger partial charge in [0.25, 0.3) is 5.91 Å². The number of rotatable bonds is 3. The second kappa shape index (κ2) is 6.83. The van der Waals surface area contributed by atoms with Crippen LogP contribution in [0.2, 0.25) is 0 Å². The Morgan fingerprint density at radius 1 is 1.31 bits per heavy atom. The van der Waals surface area contributed by atoms with Gasteiger partial charge in [0.1, 0.15) is 11.5 Å². The quantitative estimate of drug-likeness (QED) is 0.920. The third-order valence-corrected chi connectivity index (χ3v) is 5.70. The standard InChI is InChI=1S/C20H25FN4O/c1-13(22)14-6-5-11-24(12-14)20(26)19-15-7-4-10-17(15)25(23-19)18-9-3-2-8-16(18)21/h2-3,8-9,13-14H,4-7,10-12,22H2,1H3. The van der Waals surface area contributed by atoms with Crippen LogP contribution in [0.5, 0.6) is 0 Å². The van der Waals surface area contributed by atoms with Crippen molar-refractivity contribution in [3.05, 3.63) is 47.0 Å². The molecule has 1 aromatic heterocycles. The smallest absolute Gasteiger partial charge is 0.274 e. The van der Waals surface area contributed by atoms with Crippen LogP contribution in [0.4, 0.5) is 4.39 Å². The Bertz CT molecular complexity index is 829. The second-order valence-electron chi connectivity index (χ2n) is 7.50. The zero-order chi connectivity index (χ0) is 18.3. The number of halogens is 1. The first-order chi connectivity index (χ1) is 12.6. The van der Waals surface area contributed by atoms with E-state index in [-0.39, 0.29) is 17.8 Å². The zero-order valence-electron chi connectivity index (χ0n) is 15.1. The highest BCUT2D eigenvalue weighted by molar-refractivity contribution is 5.94. The minimum Gasteiger partial charge on any atom is -0.337 e. The topological polar surface area (TPSA) is 64.2 Å². The van der Waals surface area contributed by atoms with E-state index in [1.165, 1.54) is 6.07 Å². The van der Waals surface area contributed by atoms with Crippen LogP contribution < -0.4 is 5.73 Å². The lowest BCUT2D eigenvalue weighted by Gasteiger charge is -2.34. The fraction of sp³-hybridized carbons (Fsp3) is 0.500. The van der Waals surface area contributed by atoms with E-state index in [1.807, 2.05) is 11.8 Å². The Labute approximate surface area is 153 Å². The van der Waals surface area contributed by atoms with Crippen molar-refractivity contribution in [2.24, 2.45) is 11.7 Å². The minimum atomic E-state index is -0.321. The first-order valence-electron chi connectivity index (χ1n) is 9.46. The summed E-state index contributed by atoms with van der Waals surface area (Å²) in [6.07, 6.45) is 4.66. The summed E-state index contributed by atoms with van der Waals surface area (Å²) in [7, 11) is 0. The maximum absolute atomic E-state index is 14.3. The minimum absolute atomic E-state index is 0.0383. The van der Waals surface area contributed by atoms with Gasteiger partial charge in [-0.15, -0.1) is 0 Å². The van der Waals surface area contributed by atoms with E-state index in [4.69, 9.17) is 5.73 Å². The highest BCUT2D eigenvalue weighted by Gasteiger charge is 2.32. The Kier molecular flexibility index (Phi) is 4.53. The molecule has 2 heterocycles. The van der Waals surface area contributed by atoms with Crippen LogP contribution in [0.1, 0.15) is 47.9 Å². The summed E-state index contributed by atoms with van der Waals surface area (Å²) in [4.78, 5) is 15.1. The Hall–Kier alpha value is -2.21. The van der Waals surface area contributed by atoms with Gasteiger partial charge in [0.2, 0.25) is 0 Å². The molecule has 2 atom stereocenters. The summed E-state index contributed by atoms with van der Waals surface area (Å²) in [5.74, 6) is -0.0308. The van der Waals surface area contributed by atoms with Gasteiger partial charge >= 0.3 is 0 Å². The SMILES string of the molecule is CC(N)C1CCCN(C(=O)c2nn(-c3ccccc3F)c3c2CCC3)C1. The molecule has 0 bridgehead atoms. The normalized spacial score (nSPS) is 20.9. The van der Waals surface area contributed by atoms with Gasteiger partial charge < -0.3 is 10.6 Å². The van der Waals surface area contributed by atoms with Crippen LogP contribution in [0.25, 0.3) is 5.69 Å². The largest absolute Gasteiger partial charge is 0.337 e. The van der Waals surface area contributed by atoms with Gasteiger partial charge in [-0.3, -0.25) is 4.79 Å². The summed E-state index contributed by atoms with van der Waals surface area (Å²) in [6.45, 7) is 3.42. The molecule has 1 aliphatic carbocycles. The summed E-state index contributed by atoms with van der Waals surface area (Å²) in [6, 6.07) is 6.67. The monoisotopic (exact) mass is 356 g/mol. The molecule has 4 rings (SSSR count). The van der Waals surface area contributed by atoms with Crippen molar-refractivity contribution in [3.8, 4) is 5.69 Å². The van der Waals surface area contributed by atoms with E-state index in [2.05, 4.69) is 5.10 Å². The molecule has 0 radical (unpaired) electrons. The van der Waals surface area contributed by atoms with E-state index < -0.39 is 0 Å². The molecule has 1 amide bonds. The number of likely N-dealkylation sites (tertiary alicyclic amines) is 1. The van der Waals surface area contributed by atoms with E-state index >= 15 is 0 Å². The maximum atomic E-state index is 14.3. The number of aromatic nitrogens is 2. The number of benzene rings is 1. The maximum Gasteiger partial charge on any atom is 0.274 e. The lowest BCUT2D eigenvalue weighted by molar-refractivity contribution is 0.0653. The molecule has 1 fully saturated rings. The molecule has 0 spiro atoms. The highest BCUT2D eigenvalue weighted by Crippen LogP contribution is 2.30. The van der Waals surface area contributed by atoms with E-state index in [1.54, 1.807) is 22.9 Å². The molecular formula is C20H25FN4O. The average Bonchev–Trinajstić information content (AvgIpc) is 3.24. The molecule has 26 heavy (non-hydrogen) atoms. The molecule has 1 saturated heterocycles. The van der Waals surface area contributed by atoms with Crippen molar-refractivity contribution in [1.29, 1.82) is 0 Å². The highest BCUT2D eigenvalue weighted by atomic mass is 19.1. The molecular weight excluding hydrogens is 331 g/mol. The van der Waals surface area contributed by atoms with Crippen LogP contribution in [0.3, 0.4) is 0 Å². The van der Waals surface area contributed by atoms with Crippen molar-refractivity contribution in [3.63, 3.8) is 0 Å².